The van der Waals surface area contributed by atoms with E-state index >= 15 is 0 Å². The molecule has 0 amide bonds. The first kappa shape index (κ1) is 22.3. The van der Waals surface area contributed by atoms with Crippen molar-refractivity contribution in [3.63, 3.8) is 0 Å². The maximum atomic E-state index is 12.7. The highest BCUT2D eigenvalue weighted by molar-refractivity contribution is 6.48. The van der Waals surface area contributed by atoms with Gasteiger partial charge in [-0.3, -0.25) is 14.0 Å². The molecule has 1 N–H and O–H groups in total. The smallest absolute Gasteiger partial charge is 0.390 e. The molecular formula is C23H33O5+. The molecule has 0 aliphatic heterocycles. The molecule has 5 heteroatoms. The van der Waals surface area contributed by atoms with Gasteiger partial charge in [0.2, 0.25) is 0 Å². The molecule has 0 spiro atoms. The van der Waals surface area contributed by atoms with E-state index in [2.05, 4.69) is 27.4 Å². The highest BCUT2D eigenvalue weighted by Crippen LogP contribution is 2.55. The van der Waals surface area contributed by atoms with E-state index in [0.29, 0.717) is 12.0 Å². The first-order valence-electron chi connectivity index (χ1n) is 9.80. The van der Waals surface area contributed by atoms with Gasteiger partial charge >= 0.3 is 11.8 Å². The Morgan fingerprint density at radius 1 is 1.43 bits per heavy atom. The van der Waals surface area contributed by atoms with Crippen molar-refractivity contribution in [2.45, 2.75) is 66.1 Å². The second-order valence-corrected chi connectivity index (χ2v) is 8.86. The van der Waals surface area contributed by atoms with Gasteiger partial charge in [0.05, 0.1) is 6.10 Å². The second-order valence-electron chi connectivity index (χ2n) is 8.86. The lowest BCUT2D eigenvalue weighted by Gasteiger charge is -2.53. The SMILES string of the molecule is C=CC1(C)CC[C@H](OC(C)=O)C(C)(C)[C@@H]1C[C@@H](O)C1=CC(C)=CC(=[O+]C)C1=O. The third-order valence-corrected chi connectivity index (χ3v) is 6.51. The van der Waals surface area contributed by atoms with Gasteiger partial charge in [-0.2, -0.15) is 0 Å². The van der Waals surface area contributed by atoms with Crippen molar-refractivity contribution in [3.8, 4) is 0 Å². The Kier molecular flexibility index (Phi) is 6.49. The van der Waals surface area contributed by atoms with Crippen LogP contribution in [0.5, 0.6) is 0 Å². The minimum atomic E-state index is -0.944. The van der Waals surface area contributed by atoms with Gasteiger partial charge in [0.1, 0.15) is 6.10 Å². The van der Waals surface area contributed by atoms with Crippen LogP contribution in [0, 0.1) is 16.7 Å². The van der Waals surface area contributed by atoms with Gasteiger partial charge in [-0.15, -0.1) is 6.58 Å². The third kappa shape index (κ3) is 4.19. The first-order valence-corrected chi connectivity index (χ1v) is 9.80. The van der Waals surface area contributed by atoms with Crippen molar-refractivity contribution < 1.29 is 23.9 Å². The average molecular weight is 390 g/mol. The Hall–Kier alpha value is -2.01. The minimum Gasteiger partial charge on any atom is -0.462 e. The van der Waals surface area contributed by atoms with E-state index in [1.807, 2.05) is 13.0 Å². The number of rotatable bonds is 5. The summed E-state index contributed by atoms with van der Waals surface area (Å²) in [5.74, 6) is -0.381. The zero-order valence-corrected chi connectivity index (χ0v) is 17.9. The molecule has 0 aromatic carbocycles. The van der Waals surface area contributed by atoms with Gasteiger partial charge in [0.25, 0.3) is 12.9 Å². The largest absolute Gasteiger partial charge is 0.462 e. The fraction of sp³-hybridized carbons (Fsp3) is 0.609. The fourth-order valence-corrected chi connectivity index (χ4v) is 4.81. The molecule has 0 aromatic heterocycles. The van der Waals surface area contributed by atoms with Crippen LogP contribution in [-0.4, -0.2) is 42.0 Å². The zero-order chi connectivity index (χ0) is 21.3. The number of allylic oxidation sites excluding steroid dienone is 4. The summed E-state index contributed by atoms with van der Waals surface area (Å²) in [5, 5.41) is 11.0. The van der Waals surface area contributed by atoms with E-state index in [1.165, 1.54) is 14.0 Å². The van der Waals surface area contributed by atoms with Crippen LogP contribution in [0.25, 0.3) is 0 Å². The average Bonchev–Trinajstić information content (AvgIpc) is 2.62. The van der Waals surface area contributed by atoms with Gasteiger partial charge in [-0.1, -0.05) is 26.8 Å². The first-order chi connectivity index (χ1) is 13.0. The van der Waals surface area contributed by atoms with Crippen LogP contribution in [-0.2, 0) is 18.8 Å². The van der Waals surface area contributed by atoms with E-state index in [4.69, 9.17) is 9.16 Å². The highest BCUT2D eigenvalue weighted by atomic mass is 16.5. The molecule has 0 saturated heterocycles. The number of carbonyl (C=O) groups excluding carboxylic acids is 3. The van der Waals surface area contributed by atoms with Crippen molar-refractivity contribution in [2.24, 2.45) is 16.7 Å². The highest BCUT2D eigenvalue weighted by Gasteiger charge is 2.52. The van der Waals surface area contributed by atoms with Gasteiger partial charge in [0, 0.05) is 24.0 Å². The van der Waals surface area contributed by atoms with Crippen molar-refractivity contribution in [2.75, 3.05) is 7.11 Å². The van der Waals surface area contributed by atoms with Crippen LogP contribution in [0.3, 0.4) is 0 Å². The van der Waals surface area contributed by atoms with Crippen LogP contribution in [0.4, 0.5) is 0 Å². The Morgan fingerprint density at radius 3 is 2.61 bits per heavy atom. The molecule has 2 rings (SSSR count). The number of ketones is 2. The van der Waals surface area contributed by atoms with Crippen LogP contribution >= 0.6 is 0 Å². The topological polar surface area (TPSA) is 74.9 Å². The second kappa shape index (κ2) is 8.16. The predicted octanol–water partition coefficient (Wildman–Crippen LogP) is 3.49. The van der Waals surface area contributed by atoms with Crippen molar-refractivity contribution in [1.82, 2.24) is 0 Å². The molecule has 0 bridgehead atoms. The molecule has 5 nitrogen and oxygen atoms in total. The maximum absolute atomic E-state index is 12.7. The Balaban J connectivity index is 2.36. The summed E-state index contributed by atoms with van der Waals surface area (Å²) < 4.78 is 10.8. The van der Waals surface area contributed by atoms with Crippen molar-refractivity contribution in [1.29, 1.82) is 0 Å². The lowest BCUT2D eigenvalue weighted by molar-refractivity contribution is -0.417. The molecule has 2 aliphatic rings. The third-order valence-electron chi connectivity index (χ3n) is 6.51. The number of ether oxygens (including phenoxy) is 1. The number of carbonyl (C=O) groups is 2. The van der Waals surface area contributed by atoms with Gasteiger partial charge in [-0.25, -0.2) is 0 Å². The predicted molar refractivity (Wildman–Crippen MR) is 109 cm³/mol. The Morgan fingerprint density at radius 2 is 2.07 bits per heavy atom. The number of aliphatic hydroxyl groups excluding tert-OH is 1. The lowest BCUT2D eigenvalue weighted by atomic mass is 9.53. The van der Waals surface area contributed by atoms with E-state index in [1.54, 1.807) is 12.2 Å². The fourth-order valence-electron chi connectivity index (χ4n) is 4.81. The number of Topliss-reactive ketones (excluding diaryl/α,β-unsaturated/α-hetero) is 1. The molecule has 154 valence electrons. The minimum absolute atomic E-state index is 0.0310. The normalized spacial score (nSPS) is 32.4. The molecule has 1 fully saturated rings. The van der Waals surface area contributed by atoms with E-state index in [-0.39, 0.29) is 40.4 Å². The summed E-state index contributed by atoms with van der Waals surface area (Å²) in [6.45, 7) is 13.6. The quantitative estimate of drug-likeness (QED) is 0.257. The molecular weight excluding hydrogens is 356 g/mol. The van der Waals surface area contributed by atoms with Gasteiger partial charge < -0.3 is 9.84 Å². The molecule has 1 unspecified atom stereocenters. The molecule has 2 aliphatic carbocycles. The van der Waals surface area contributed by atoms with E-state index < -0.39 is 6.10 Å². The van der Waals surface area contributed by atoms with E-state index in [0.717, 1.165) is 18.4 Å². The number of hydrogen-bond donors (Lipinski definition) is 1. The molecule has 0 aromatic rings. The summed E-state index contributed by atoms with van der Waals surface area (Å²) in [5.41, 5.74) is 0.578. The van der Waals surface area contributed by atoms with Gasteiger partial charge in [-0.05, 0) is 49.2 Å². The van der Waals surface area contributed by atoms with Crippen LogP contribution in [0.2, 0.25) is 0 Å². The van der Waals surface area contributed by atoms with Gasteiger partial charge in [0.15, 0.2) is 0 Å². The van der Waals surface area contributed by atoms with Crippen molar-refractivity contribution >= 4 is 17.5 Å². The summed E-state index contributed by atoms with van der Waals surface area (Å²) in [6.07, 6.45) is 6.06. The van der Waals surface area contributed by atoms with Crippen LogP contribution in [0.15, 0.2) is 36.0 Å². The Bertz CT molecular complexity index is 755. The number of hydrogen-bond acceptors (Lipinski definition) is 4. The monoisotopic (exact) mass is 389 g/mol. The van der Waals surface area contributed by atoms with Crippen molar-refractivity contribution in [3.05, 3.63) is 36.0 Å². The lowest BCUT2D eigenvalue weighted by Crippen LogP contribution is -2.51. The molecule has 0 radical (unpaired) electrons. The number of aliphatic hydroxyl groups is 1. The Labute approximate surface area is 167 Å². The summed E-state index contributed by atoms with van der Waals surface area (Å²) in [7, 11) is 1.45. The summed E-state index contributed by atoms with van der Waals surface area (Å²) >= 11 is 0. The number of esters is 1. The van der Waals surface area contributed by atoms with Crippen LogP contribution in [0.1, 0.15) is 53.9 Å². The maximum Gasteiger partial charge on any atom is 0.390 e. The zero-order valence-electron chi connectivity index (χ0n) is 17.9. The summed E-state index contributed by atoms with van der Waals surface area (Å²) in [4.78, 5) is 24.2. The van der Waals surface area contributed by atoms with E-state index in [9.17, 15) is 14.7 Å². The molecule has 1 saturated carbocycles. The standard InChI is InChI=1S/C23H33O5/c1-8-23(6)10-9-20(28-15(3)24)22(4,5)19(23)13-17(25)16-11-14(2)12-18(27-7)21(16)26/h8,11-12,17,19-20,25H,1,9-10,13H2,2-7H3/q+1/t17-,19+,20+,23?/m1/s1. The summed E-state index contributed by atoms with van der Waals surface area (Å²) in [6, 6.07) is 0. The molecule has 28 heavy (non-hydrogen) atoms. The van der Waals surface area contributed by atoms with Crippen LogP contribution < -0.4 is 0 Å². The molecule has 4 atom stereocenters. The molecule has 0 heterocycles.